The fourth-order valence-electron chi connectivity index (χ4n) is 2.08. The van der Waals surface area contributed by atoms with Crippen LogP contribution in [-0.2, 0) is 6.42 Å². The van der Waals surface area contributed by atoms with E-state index in [1.807, 2.05) is 0 Å². The minimum absolute atomic E-state index is 0.0288. The van der Waals surface area contributed by atoms with E-state index in [1.165, 1.54) is 11.3 Å². The van der Waals surface area contributed by atoms with Crippen molar-refractivity contribution < 1.29 is 8.78 Å². The van der Waals surface area contributed by atoms with Gasteiger partial charge in [-0.2, -0.15) is 0 Å². The minimum atomic E-state index is -2.49. The van der Waals surface area contributed by atoms with E-state index >= 15 is 0 Å². The lowest BCUT2D eigenvalue weighted by molar-refractivity contribution is -0.0985. The molecule has 0 bridgehead atoms. The molecule has 2 N–H and O–H groups in total. The lowest BCUT2D eigenvalue weighted by Crippen LogP contribution is -2.46. The van der Waals surface area contributed by atoms with Crippen molar-refractivity contribution in [2.45, 2.75) is 25.7 Å². The molecule has 1 saturated heterocycles. The molecule has 1 aliphatic rings. The lowest BCUT2D eigenvalue weighted by Gasteiger charge is -2.36. The predicted molar refractivity (Wildman–Crippen MR) is 65.4 cm³/mol. The van der Waals surface area contributed by atoms with E-state index in [4.69, 9.17) is 5.73 Å². The van der Waals surface area contributed by atoms with Gasteiger partial charge in [0.05, 0.1) is 0 Å². The highest BCUT2D eigenvalue weighted by Gasteiger charge is 2.40. The number of nitrogens with zero attached hydrogens (tertiary/aromatic N) is 2. The molecule has 96 valence electrons. The summed E-state index contributed by atoms with van der Waals surface area (Å²) in [6, 6.07) is 0. The molecule has 17 heavy (non-hydrogen) atoms. The van der Waals surface area contributed by atoms with Crippen LogP contribution in [0.2, 0.25) is 0 Å². The third-order valence-corrected chi connectivity index (χ3v) is 4.15. The van der Waals surface area contributed by atoms with Crippen LogP contribution in [0.5, 0.6) is 0 Å². The second kappa shape index (κ2) is 4.86. The zero-order valence-electron chi connectivity index (χ0n) is 9.83. The van der Waals surface area contributed by atoms with Gasteiger partial charge in [-0.15, -0.1) is 11.3 Å². The van der Waals surface area contributed by atoms with E-state index in [0.717, 1.165) is 17.8 Å². The van der Waals surface area contributed by atoms with Gasteiger partial charge in [-0.3, -0.25) is 0 Å². The van der Waals surface area contributed by atoms with Crippen molar-refractivity contribution in [3.05, 3.63) is 11.1 Å². The largest absolute Gasteiger partial charge is 0.375 e. The average Bonchev–Trinajstić information content (AvgIpc) is 2.66. The first kappa shape index (κ1) is 12.7. The summed E-state index contributed by atoms with van der Waals surface area (Å²) in [5.74, 6) is -3.05. The monoisotopic (exact) mass is 261 g/mol. The molecule has 1 unspecified atom stereocenters. The first-order valence-electron chi connectivity index (χ1n) is 5.78. The van der Waals surface area contributed by atoms with Gasteiger partial charge in [0.15, 0.2) is 5.13 Å². The van der Waals surface area contributed by atoms with Crippen molar-refractivity contribution >= 4 is 16.5 Å². The number of hydrogen-bond donors (Lipinski definition) is 1. The molecule has 0 amide bonds. The van der Waals surface area contributed by atoms with E-state index in [9.17, 15) is 8.78 Å². The highest BCUT2D eigenvalue weighted by Crippen LogP contribution is 2.33. The second-order valence-electron chi connectivity index (χ2n) is 4.63. The summed E-state index contributed by atoms with van der Waals surface area (Å²) < 4.78 is 26.6. The van der Waals surface area contributed by atoms with Crippen molar-refractivity contribution in [2.24, 2.45) is 5.92 Å². The third-order valence-electron chi connectivity index (χ3n) is 3.26. The Morgan fingerprint density at radius 1 is 1.65 bits per heavy atom. The van der Waals surface area contributed by atoms with Gasteiger partial charge in [0.25, 0.3) is 5.92 Å². The van der Waals surface area contributed by atoms with E-state index < -0.39 is 11.8 Å². The predicted octanol–water partition coefficient (Wildman–Crippen LogP) is 2.24. The number of nitrogen functional groups attached to an aromatic ring is 1. The Hall–Kier alpha value is -0.750. The molecule has 1 aromatic heterocycles. The number of thiazole rings is 1. The molecule has 0 radical (unpaired) electrons. The van der Waals surface area contributed by atoms with Crippen molar-refractivity contribution in [1.29, 1.82) is 0 Å². The van der Waals surface area contributed by atoms with Crippen LogP contribution >= 0.6 is 11.3 Å². The molecule has 2 heterocycles. The molecule has 1 aliphatic heterocycles. The van der Waals surface area contributed by atoms with E-state index in [-0.39, 0.29) is 6.42 Å². The van der Waals surface area contributed by atoms with Crippen molar-refractivity contribution in [2.75, 3.05) is 25.4 Å². The highest BCUT2D eigenvalue weighted by atomic mass is 32.1. The molecule has 0 saturated carbocycles. The van der Waals surface area contributed by atoms with Gasteiger partial charge in [-0.05, 0) is 6.42 Å². The maximum Gasteiger partial charge on any atom is 0.253 e. The molecular formula is C11H17F2N3S. The summed E-state index contributed by atoms with van der Waals surface area (Å²) in [6.07, 6.45) is 2.58. The number of piperidine rings is 1. The standard InChI is InChI=1S/C11H17F2N3S/c1-8-7-16(5-3-11(8,12)13)4-2-9-6-15-10(14)17-9/h6,8H,2-5,7H2,1H3,(H2,14,15). The number of likely N-dealkylation sites (tertiary alicyclic amines) is 1. The number of alkyl halides is 2. The highest BCUT2D eigenvalue weighted by molar-refractivity contribution is 7.15. The molecule has 1 aromatic rings. The first-order valence-corrected chi connectivity index (χ1v) is 6.59. The fraction of sp³-hybridized carbons (Fsp3) is 0.727. The maximum atomic E-state index is 13.3. The van der Waals surface area contributed by atoms with Crippen molar-refractivity contribution in [3.63, 3.8) is 0 Å². The van der Waals surface area contributed by atoms with Crippen LogP contribution in [0, 0.1) is 5.92 Å². The van der Waals surface area contributed by atoms with Gasteiger partial charge in [-0.25, -0.2) is 13.8 Å². The normalized spacial score (nSPS) is 25.0. The van der Waals surface area contributed by atoms with Crippen LogP contribution in [0.3, 0.4) is 0 Å². The molecule has 0 aliphatic carbocycles. The Kier molecular flexibility index (Phi) is 3.63. The van der Waals surface area contributed by atoms with Crippen LogP contribution in [0.15, 0.2) is 6.20 Å². The van der Waals surface area contributed by atoms with Gasteiger partial charge < -0.3 is 10.6 Å². The number of nitrogens with two attached hydrogens (primary N) is 1. The number of anilines is 1. The number of aromatic nitrogens is 1. The summed E-state index contributed by atoms with van der Waals surface area (Å²) >= 11 is 1.47. The van der Waals surface area contributed by atoms with E-state index in [1.54, 1.807) is 13.1 Å². The Bertz CT molecular complexity index is 381. The SMILES string of the molecule is CC1CN(CCc2cnc(N)s2)CCC1(F)F. The summed E-state index contributed by atoms with van der Waals surface area (Å²) in [7, 11) is 0. The summed E-state index contributed by atoms with van der Waals surface area (Å²) in [5.41, 5.74) is 5.54. The molecule has 1 atom stereocenters. The number of halogens is 2. The minimum Gasteiger partial charge on any atom is -0.375 e. The maximum absolute atomic E-state index is 13.3. The van der Waals surface area contributed by atoms with Crippen LogP contribution in [-0.4, -0.2) is 35.4 Å². The molecule has 1 fully saturated rings. The van der Waals surface area contributed by atoms with Gasteiger partial charge in [-0.1, -0.05) is 6.92 Å². The van der Waals surface area contributed by atoms with Gasteiger partial charge in [0.1, 0.15) is 0 Å². The molecule has 2 rings (SSSR count). The number of hydrogen-bond acceptors (Lipinski definition) is 4. The Morgan fingerprint density at radius 2 is 2.41 bits per heavy atom. The Balaban J connectivity index is 1.81. The zero-order chi connectivity index (χ0) is 12.5. The zero-order valence-corrected chi connectivity index (χ0v) is 10.6. The summed E-state index contributed by atoms with van der Waals surface area (Å²) in [4.78, 5) is 7.19. The first-order chi connectivity index (χ1) is 7.97. The summed E-state index contributed by atoms with van der Waals surface area (Å²) in [6.45, 7) is 3.38. The molecule has 6 heteroatoms. The van der Waals surface area contributed by atoms with Crippen LogP contribution < -0.4 is 5.73 Å². The quantitative estimate of drug-likeness (QED) is 0.907. The fourth-order valence-corrected chi connectivity index (χ4v) is 2.75. The van der Waals surface area contributed by atoms with Crippen molar-refractivity contribution in [1.82, 2.24) is 9.88 Å². The topological polar surface area (TPSA) is 42.2 Å². The Morgan fingerprint density at radius 3 is 3.00 bits per heavy atom. The lowest BCUT2D eigenvalue weighted by atomic mass is 9.95. The van der Waals surface area contributed by atoms with Gasteiger partial charge >= 0.3 is 0 Å². The summed E-state index contributed by atoms with van der Waals surface area (Å²) in [5, 5.41) is 0.568. The van der Waals surface area contributed by atoms with Crippen LogP contribution in [0.4, 0.5) is 13.9 Å². The number of rotatable bonds is 3. The molecule has 3 nitrogen and oxygen atoms in total. The smallest absolute Gasteiger partial charge is 0.253 e. The van der Waals surface area contributed by atoms with Crippen LogP contribution in [0.25, 0.3) is 0 Å². The van der Waals surface area contributed by atoms with Crippen LogP contribution in [0.1, 0.15) is 18.2 Å². The molecule has 0 spiro atoms. The van der Waals surface area contributed by atoms with E-state index in [2.05, 4.69) is 9.88 Å². The van der Waals surface area contributed by atoms with Crippen molar-refractivity contribution in [3.8, 4) is 0 Å². The third kappa shape index (κ3) is 3.13. The average molecular weight is 261 g/mol. The molecular weight excluding hydrogens is 244 g/mol. The van der Waals surface area contributed by atoms with Gasteiger partial charge in [0, 0.05) is 43.0 Å². The Labute approximate surface area is 104 Å². The second-order valence-corrected chi connectivity index (χ2v) is 5.77. The molecule has 0 aromatic carbocycles. The van der Waals surface area contributed by atoms with E-state index in [0.29, 0.717) is 18.2 Å². The van der Waals surface area contributed by atoms with Gasteiger partial charge in [0.2, 0.25) is 0 Å².